The van der Waals surface area contributed by atoms with E-state index in [-0.39, 0.29) is 23.6 Å². The van der Waals surface area contributed by atoms with Crippen molar-refractivity contribution in [3.63, 3.8) is 0 Å². The lowest BCUT2D eigenvalue weighted by Crippen LogP contribution is -2.35. The molecule has 37 heavy (non-hydrogen) atoms. The fraction of sp³-hybridized carbons (Fsp3) is 0.346. The summed E-state index contributed by atoms with van der Waals surface area (Å²) in [5.41, 5.74) is 2.95. The number of aromatic nitrogens is 4. The molecule has 2 aromatic carbocycles. The molecule has 0 saturated carbocycles. The number of hydrogen-bond donors (Lipinski definition) is 0. The molecule has 8 nitrogen and oxygen atoms in total. The minimum atomic E-state index is -4.75. The van der Waals surface area contributed by atoms with Gasteiger partial charge in [0.05, 0.1) is 6.54 Å². The van der Waals surface area contributed by atoms with Crippen LogP contribution in [0.1, 0.15) is 24.1 Å². The van der Waals surface area contributed by atoms with E-state index in [2.05, 4.69) is 31.9 Å². The Morgan fingerprint density at radius 1 is 1.03 bits per heavy atom. The maximum Gasteiger partial charge on any atom is 0.573 e. The van der Waals surface area contributed by atoms with Gasteiger partial charge in [-0.3, -0.25) is 4.68 Å². The highest BCUT2D eigenvalue weighted by molar-refractivity contribution is 5.59. The molecule has 0 spiro atoms. The van der Waals surface area contributed by atoms with Crippen LogP contribution in [0, 0.1) is 6.92 Å². The van der Waals surface area contributed by atoms with Crippen LogP contribution in [0.4, 0.5) is 13.2 Å². The summed E-state index contributed by atoms with van der Waals surface area (Å²) in [4.78, 5) is 6.67. The van der Waals surface area contributed by atoms with Crippen LogP contribution in [-0.4, -0.2) is 57.4 Å². The Hall–Kier alpha value is -3.86. The largest absolute Gasteiger partial charge is 0.573 e. The SMILES string of the molecule is Cc1cc(-c2nc(-c3ccc(OC(F)(F)F)cc3)no2)nn1Cc1cccc(OC2CCN(C)CC2)c1. The molecule has 0 atom stereocenters. The van der Waals surface area contributed by atoms with Crippen LogP contribution >= 0.6 is 0 Å². The van der Waals surface area contributed by atoms with E-state index in [4.69, 9.17) is 9.26 Å². The van der Waals surface area contributed by atoms with Crippen molar-refractivity contribution in [1.29, 1.82) is 0 Å². The van der Waals surface area contributed by atoms with Gasteiger partial charge in [-0.15, -0.1) is 13.2 Å². The van der Waals surface area contributed by atoms with E-state index in [1.165, 1.54) is 24.3 Å². The van der Waals surface area contributed by atoms with E-state index in [1.807, 2.05) is 41.9 Å². The summed E-state index contributed by atoms with van der Waals surface area (Å²) in [7, 11) is 2.13. The number of likely N-dealkylation sites (tertiary alicyclic amines) is 1. The molecular formula is C26H26F3N5O3. The van der Waals surface area contributed by atoms with Crippen molar-refractivity contribution in [2.75, 3.05) is 20.1 Å². The Morgan fingerprint density at radius 3 is 2.51 bits per heavy atom. The Bertz CT molecular complexity index is 1340. The van der Waals surface area contributed by atoms with Gasteiger partial charge in [-0.1, -0.05) is 17.3 Å². The summed E-state index contributed by atoms with van der Waals surface area (Å²) in [6.45, 7) is 4.55. The van der Waals surface area contributed by atoms with Gasteiger partial charge in [-0.05, 0) is 74.8 Å². The summed E-state index contributed by atoms with van der Waals surface area (Å²) in [6, 6.07) is 15.1. The summed E-state index contributed by atoms with van der Waals surface area (Å²) in [5, 5.41) is 8.56. The quantitative estimate of drug-likeness (QED) is 0.331. The maximum atomic E-state index is 12.4. The fourth-order valence-corrected chi connectivity index (χ4v) is 4.21. The molecule has 3 heterocycles. The van der Waals surface area contributed by atoms with Crippen LogP contribution in [0.2, 0.25) is 0 Å². The lowest BCUT2D eigenvalue weighted by molar-refractivity contribution is -0.274. The zero-order valence-corrected chi connectivity index (χ0v) is 20.4. The van der Waals surface area contributed by atoms with Crippen LogP contribution in [0.15, 0.2) is 59.1 Å². The van der Waals surface area contributed by atoms with Gasteiger partial charge in [0, 0.05) is 24.3 Å². The van der Waals surface area contributed by atoms with Gasteiger partial charge < -0.3 is 18.9 Å². The molecule has 11 heteroatoms. The average Bonchev–Trinajstić information content (AvgIpc) is 3.48. The summed E-state index contributed by atoms with van der Waals surface area (Å²) < 4.78 is 54.5. The molecule has 0 aliphatic carbocycles. The molecule has 0 bridgehead atoms. The minimum Gasteiger partial charge on any atom is -0.490 e. The number of alkyl halides is 3. The number of ether oxygens (including phenoxy) is 2. The number of benzene rings is 2. The van der Waals surface area contributed by atoms with Gasteiger partial charge >= 0.3 is 6.36 Å². The first-order chi connectivity index (χ1) is 17.7. The molecule has 0 radical (unpaired) electrons. The number of nitrogens with zero attached hydrogens (tertiary/aromatic N) is 5. The normalized spacial score (nSPS) is 15.2. The monoisotopic (exact) mass is 513 g/mol. The van der Waals surface area contributed by atoms with Gasteiger partial charge in [0.15, 0.2) is 5.69 Å². The van der Waals surface area contributed by atoms with Crippen LogP contribution in [0.5, 0.6) is 11.5 Å². The van der Waals surface area contributed by atoms with E-state index in [0.29, 0.717) is 17.8 Å². The molecule has 1 fully saturated rings. The van der Waals surface area contributed by atoms with Crippen molar-refractivity contribution < 1.29 is 27.2 Å². The zero-order chi connectivity index (χ0) is 26.0. The van der Waals surface area contributed by atoms with Gasteiger partial charge in [0.1, 0.15) is 17.6 Å². The first-order valence-electron chi connectivity index (χ1n) is 11.9. The van der Waals surface area contributed by atoms with E-state index in [0.717, 1.165) is 42.9 Å². The molecule has 1 aliphatic heterocycles. The van der Waals surface area contributed by atoms with E-state index < -0.39 is 6.36 Å². The summed E-state index contributed by atoms with van der Waals surface area (Å²) >= 11 is 0. The first kappa shape index (κ1) is 24.8. The van der Waals surface area contributed by atoms with E-state index in [1.54, 1.807) is 0 Å². The standard InChI is InChI=1S/C26H26F3N5O3/c1-17-14-23(25-30-24(32-37-25)19-6-8-21(9-7-19)36-26(27,28)29)31-34(17)16-18-4-3-5-22(15-18)35-20-10-12-33(2)13-11-20/h3-9,14-15,20H,10-13,16H2,1-2H3. The van der Waals surface area contributed by atoms with Gasteiger partial charge in [0.25, 0.3) is 5.89 Å². The van der Waals surface area contributed by atoms with Crippen molar-refractivity contribution in [2.45, 2.75) is 38.8 Å². The summed E-state index contributed by atoms with van der Waals surface area (Å²) in [5.74, 6) is 0.978. The predicted molar refractivity (Wildman–Crippen MR) is 129 cm³/mol. The number of piperidine rings is 1. The molecule has 0 unspecified atom stereocenters. The van der Waals surface area contributed by atoms with Crippen molar-refractivity contribution in [3.8, 4) is 34.5 Å². The fourth-order valence-electron chi connectivity index (χ4n) is 4.21. The zero-order valence-electron chi connectivity index (χ0n) is 20.4. The number of halogens is 3. The van der Waals surface area contributed by atoms with Crippen molar-refractivity contribution in [1.82, 2.24) is 24.8 Å². The van der Waals surface area contributed by atoms with E-state index >= 15 is 0 Å². The molecule has 0 N–H and O–H groups in total. The second-order valence-corrected chi connectivity index (χ2v) is 9.09. The van der Waals surface area contributed by atoms with Crippen LogP contribution < -0.4 is 9.47 Å². The Morgan fingerprint density at radius 2 is 1.78 bits per heavy atom. The van der Waals surface area contributed by atoms with Gasteiger partial charge in [-0.2, -0.15) is 10.1 Å². The Balaban J connectivity index is 1.26. The minimum absolute atomic E-state index is 0.215. The second kappa shape index (κ2) is 10.3. The molecular weight excluding hydrogens is 487 g/mol. The molecule has 1 saturated heterocycles. The molecule has 5 rings (SSSR count). The number of aryl methyl sites for hydroxylation is 1. The Kier molecular flexibility index (Phi) is 6.88. The van der Waals surface area contributed by atoms with Crippen LogP contribution in [0.25, 0.3) is 23.0 Å². The third-order valence-electron chi connectivity index (χ3n) is 6.17. The predicted octanol–water partition coefficient (Wildman–Crippen LogP) is 5.33. The van der Waals surface area contributed by atoms with E-state index in [9.17, 15) is 13.2 Å². The maximum absolute atomic E-state index is 12.4. The third kappa shape index (κ3) is 6.29. The molecule has 2 aromatic heterocycles. The lowest BCUT2D eigenvalue weighted by Gasteiger charge is -2.29. The second-order valence-electron chi connectivity index (χ2n) is 9.09. The van der Waals surface area contributed by atoms with Gasteiger partial charge in [0.2, 0.25) is 5.82 Å². The molecule has 4 aromatic rings. The van der Waals surface area contributed by atoms with Gasteiger partial charge in [-0.25, -0.2) is 0 Å². The molecule has 1 aliphatic rings. The highest BCUT2D eigenvalue weighted by atomic mass is 19.4. The molecule has 194 valence electrons. The smallest absolute Gasteiger partial charge is 0.490 e. The Labute approximate surface area is 211 Å². The van der Waals surface area contributed by atoms with Crippen molar-refractivity contribution >= 4 is 0 Å². The third-order valence-corrected chi connectivity index (χ3v) is 6.17. The first-order valence-corrected chi connectivity index (χ1v) is 11.9. The van der Waals surface area contributed by atoms with Crippen molar-refractivity contribution in [3.05, 3.63) is 65.9 Å². The highest BCUT2D eigenvalue weighted by Crippen LogP contribution is 2.27. The lowest BCUT2D eigenvalue weighted by atomic mass is 10.1. The highest BCUT2D eigenvalue weighted by Gasteiger charge is 2.31. The van der Waals surface area contributed by atoms with Crippen molar-refractivity contribution in [2.24, 2.45) is 0 Å². The number of rotatable bonds is 7. The van der Waals surface area contributed by atoms with Crippen LogP contribution in [-0.2, 0) is 6.54 Å². The summed E-state index contributed by atoms with van der Waals surface area (Å²) in [6.07, 6.45) is -2.50. The average molecular weight is 514 g/mol. The van der Waals surface area contributed by atoms with Crippen LogP contribution in [0.3, 0.4) is 0 Å². The molecule has 0 amide bonds. The number of hydrogen-bond acceptors (Lipinski definition) is 7. The topological polar surface area (TPSA) is 78.4 Å².